The van der Waals surface area contributed by atoms with E-state index in [1.807, 2.05) is 6.92 Å². The highest BCUT2D eigenvalue weighted by molar-refractivity contribution is 5.69. The first-order valence-corrected chi connectivity index (χ1v) is 6.53. The lowest BCUT2D eigenvalue weighted by atomic mass is 9.80. The molecule has 0 amide bonds. The fourth-order valence-electron chi connectivity index (χ4n) is 2.22. The highest BCUT2D eigenvalue weighted by Crippen LogP contribution is 2.30. The molecule has 1 fully saturated rings. The van der Waals surface area contributed by atoms with Gasteiger partial charge in [0.05, 0.1) is 6.42 Å². The summed E-state index contributed by atoms with van der Waals surface area (Å²) in [5.74, 6) is 1.41. The van der Waals surface area contributed by atoms with E-state index in [0.29, 0.717) is 12.3 Å². The number of esters is 1. The lowest BCUT2D eigenvalue weighted by Gasteiger charge is -2.31. The van der Waals surface area contributed by atoms with Gasteiger partial charge in [0.2, 0.25) is 0 Å². The SMILES string of the molecule is CCNCCC(=O)OC1CCC(C)C(C)C1. The highest BCUT2D eigenvalue weighted by Gasteiger charge is 2.26. The van der Waals surface area contributed by atoms with Crippen LogP contribution in [0.3, 0.4) is 0 Å². The van der Waals surface area contributed by atoms with Gasteiger partial charge in [-0.25, -0.2) is 0 Å². The molecule has 0 aromatic heterocycles. The predicted octanol–water partition coefficient (Wildman–Crippen LogP) is 2.35. The van der Waals surface area contributed by atoms with E-state index in [4.69, 9.17) is 4.74 Å². The van der Waals surface area contributed by atoms with Crippen LogP contribution in [0.1, 0.15) is 46.5 Å². The van der Waals surface area contributed by atoms with Crippen LogP contribution in [0.4, 0.5) is 0 Å². The first-order valence-electron chi connectivity index (χ1n) is 6.53. The Balaban J connectivity index is 2.19. The van der Waals surface area contributed by atoms with Crippen molar-refractivity contribution in [3.05, 3.63) is 0 Å². The summed E-state index contributed by atoms with van der Waals surface area (Å²) in [6.07, 6.45) is 3.92. The minimum Gasteiger partial charge on any atom is -0.462 e. The Labute approximate surface area is 98.9 Å². The van der Waals surface area contributed by atoms with Crippen molar-refractivity contribution in [3.63, 3.8) is 0 Å². The Kier molecular flexibility index (Phi) is 5.81. The zero-order valence-corrected chi connectivity index (χ0v) is 10.8. The molecule has 1 aliphatic rings. The average Bonchev–Trinajstić information content (AvgIpc) is 2.24. The fourth-order valence-corrected chi connectivity index (χ4v) is 2.22. The Bertz CT molecular complexity index is 218. The first-order chi connectivity index (χ1) is 7.63. The van der Waals surface area contributed by atoms with Gasteiger partial charge in [0.25, 0.3) is 0 Å². The predicted molar refractivity (Wildman–Crippen MR) is 65.2 cm³/mol. The van der Waals surface area contributed by atoms with Gasteiger partial charge in [0, 0.05) is 6.54 Å². The molecule has 0 aromatic rings. The molecule has 3 atom stereocenters. The van der Waals surface area contributed by atoms with Crippen LogP contribution in [0.5, 0.6) is 0 Å². The van der Waals surface area contributed by atoms with Gasteiger partial charge in [-0.05, 0) is 37.6 Å². The molecular weight excluding hydrogens is 202 g/mol. The Morgan fingerprint density at radius 1 is 1.31 bits per heavy atom. The standard InChI is InChI=1S/C13H25NO2/c1-4-14-8-7-13(15)16-12-6-5-10(2)11(3)9-12/h10-12,14H,4-9H2,1-3H3. The van der Waals surface area contributed by atoms with E-state index in [0.717, 1.165) is 31.8 Å². The maximum atomic E-state index is 11.5. The quantitative estimate of drug-likeness (QED) is 0.579. The van der Waals surface area contributed by atoms with E-state index >= 15 is 0 Å². The van der Waals surface area contributed by atoms with Crippen LogP contribution in [-0.2, 0) is 9.53 Å². The van der Waals surface area contributed by atoms with Crippen molar-refractivity contribution >= 4 is 5.97 Å². The second-order valence-electron chi connectivity index (χ2n) is 4.98. The third kappa shape index (κ3) is 4.52. The zero-order chi connectivity index (χ0) is 12.0. The minimum absolute atomic E-state index is 0.0484. The van der Waals surface area contributed by atoms with Crippen LogP contribution < -0.4 is 5.32 Å². The molecule has 3 heteroatoms. The number of rotatable bonds is 5. The maximum absolute atomic E-state index is 11.5. The Hall–Kier alpha value is -0.570. The monoisotopic (exact) mass is 227 g/mol. The van der Waals surface area contributed by atoms with E-state index in [9.17, 15) is 4.79 Å². The molecule has 16 heavy (non-hydrogen) atoms. The summed E-state index contributed by atoms with van der Waals surface area (Å²) in [5, 5.41) is 3.13. The van der Waals surface area contributed by atoms with Crippen molar-refractivity contribution in [3.8, 4) is 0 Å². The van der Waals surface area contributed by atoms with Crippen LogP contribution in [0.25, 0.3) is 0 Å². The van der Waals surface area contributed by atoms with Crippen LogP contribution in [0.2, 0.25) is 0 Å². The second-order valence-corrected chi connectivity index (χ2v) is 4.98. The molecule has 3 unspecified atom stereocenters. The number of hydrogen-bond acceptors (Lipinski definition) is 3. The van der Waals surface area contributed by atoms with E-state index in [1.165, 1.54) is 6.42 Å². The number of carbonyl (C=O) groups is 1. The molecule has 0 bridgehead atoms. The van der Waals surface area contributed by atoms with Gasteiger partial charge in [-0.15, -0.1) is 0 Å². The molecule has 0 heterocycles. The lowest BCUT2D eigenvalue weighted by molar-refractivity contribution is -0.151. The molecule has 1 N–H and O–H groups in total. The van der Waals surface area contributed by atoms with E-state index in [-0.39, 0.29) is 12.1 Å². The summed E-state index contributed by atoms with van der Waals surface area (Å²) in [7, 11) is 0. The summed E-state index contributed by atoms with van der Waals surface area (Å²) in [6, 6.07) is 0. The first kappa shape index (κ1) is 13.5. The van der Waals surface area contributed by atoms with Crippen molar-refractivity contribution in [2.75, 3.05) is 13.1 Å². The largest absolute Gasteiger partial charge is 0.462 e. The van der Waals surface area contributed by atoms with Gasteiger partial charge >= 0.3 is 5.97 Å². The van der Waals surface area contributed by atoms with Crippen LogP contribution in [0, 0.1) is 11.8 Å². The number of nitrogens with one attached hydrogen (secondary N) is 1. The van der Waals surface area contributed by atoms with Crippen molar-refractivity contribution in [2.45, 2.75) is 52.6 Å². The van der Waals surface area contributed by atoms with Crippen LogP contribution >= 0.6 is 0 Å². The average molecular weight is 227 g/mol. The summed E-state index contributed by atoms with van der Waals surface area (Å²) in [5.41, 5.74) is 0. The molecule has 1 rings (SSSR count). The third-order valence-corrected chi connectivity index (χ3v) is 3.60. The van der Waals surface area contributed by atoms with Gasteiger partial charge in [0.1, 0.15) is 6.10 Å². The highest BCUT2D eigenvalue weighted by atomic mass is 16.5. The smallest absolute Gasteiger partial charge is 0.307 e. The molecule has 0 spiro atoms. The Morgan fingerprint density at radius 3 is 2.69 bits per heavy atom. The van der Waals surface area contributed by atoms with Gasteiger partial charge in [-0.3, -0.25) is 4.79 Å². The Morgan fingerprint density at radius 2 is 2.06 bits per heavy atom. The van der Waals surface area contributed by atoms with E-state index in [2.05, 4.69) is 19.2 Å². The summed E-state index contributed by atoms with van der Waals surface area (Å²) >= 11 is 0. The van der Waals surface area contributed by atoms with Crippen molar-refractivity contribution < 1.29 is 9.53 Å². The maximum Gasteiger partial charge on any atom is 0.307 e. The van der Waals surface area contributed by atoms with E-state index in [1.54, 1.807) is 0 Å². The topological polar surface area (TPSA) is 38.3 Å². The summed E-state index contributed by atoms with van der Waals surface area (Å²) in [6.45, 7) is 8.21. The van der Waals surface area contributed by atoms with Crippen molar-refractivity contribution in [2.24, 2.45) is 11.8 Å². The number of ether oxygens (including phenoxy) is 1. The molecular formula is C13H25NO2. The number of carbonyl (C=O) groups excluding carboxylic acids is 1. The molecule has 0 saturated heterocycles. The lowest BCUT2D eigenvalue weighted by Crippen LogP contribution is -2.29. The molecule has 1 aliphatic carbocycles. The molecule has 3 nitrogen and oxygen atoms in total. The minimum atomic E-state index is -0.0484. The molecule has 0 radical (unpaired) electrons. The molecule has 94 valence electrons. The summed E-state index contributed by atoms with van der Waals surface area (Å²) in [4.78, 5) is 11.5. The van der Waals surface area contributed by atoms with Gasteiger partial charge < -0.3 is 10.1 Å². The molecule has 1 saturated carbocycles. The van der Waals surface area contributed by atoms with Gasteiger partial charge in [0.15, 0.2) is 0 Å². The van der Waals surface area contributed by atoms with Crippen LogP contribution in [0.15, 0.2) is 0 Å². The normalized spacial score (nSPS) is 30.1. The second kappa shape index (κ2) is 6.89. The third-order valence-electron chi connectivity index (χ3n) is 3.60. The van der Waals surface area contributed by atoms with Gasteiger partial charge in [-0.2, -0.15) is 0 Å². The van der Waals surface area contributed by atoms with E-state index < -0.39 is 0 Å². The van der Waals surface area contributed by atoms with Crippen LogP contribution in [-0.4, -0.2) is 25.2 Å². The zero-order valence-electron chi connectivity index (χ0n) is 10.8. The molecule has 0 aromatic carbocycles. The van der Waals surface area contributed by atoms with Crippen molar-refractivity contribution in [1.29, 1.82) is 0 Å². The fraction of sp³-hybridized carbons (Fsp3) is 0.923. The summed E-state index contributed by atoms with van der Waals surface area (Å²) < 4.78 is 5.48. The molecule has 0 aliphatic heterocycles. The number of hydrogen-bond donors (Lipinski definition) is 1. The van der Waals surface area contributed by atoms with Crippen molar-refractivity contribution in [1.82, 2.24) is 5.32 Å². The van der Waals surface area contributed by atoms with Gasteiger partial charge in [-0.1, -0.05) is 20.8 Å².